The highest BCUT2D eigenvalue weighted by Gasteiger charge is 2.19. The zero-order valence-corrected chi connectivity index (χ0v) is 17.9. The molecule has 1 aliphatic rings. The van der Waals surface area contributed by atoms with Crippen LogP contribution in [0.15, 0.2) is 67.1 Å². The van der Waals surface area contributed by atoms with E-state index in [1.807, 2.05) is 59.4 Å². The van der Waals surface area contributed by atoms with Gasteiger partial charge in [-0.25, -0.2) is 4.68 Å². The molecule has 2 aromatic heterocycles. The fraction of sp³-hybridized carbons (Fsp3) is 0.320. The summed E-state index contributed by atoms with van der Waals surface area (Å²) in [5, 5.41) is 7.92. The number of aromatic nitrogens is 3. The number of likely N-dealkylation sites (tertiary alicyclic amines) is 1. The minimum absolute atomic E-state index is 0.0569. The number of pyridine rings is 1. The summed E-state index contributed by atoms with van der Waals surface area (Å²) >= 11 is 0. The van der Waals surface area contributed by atoms with E-state index < -0.39 is 0 Å². The maximum atomic E-state index is 12.6. The minimum Gasteiger partial charge on any atom is -0.350 e. The third-order valence-corrected chi connectivity index (χ3v) is 5.59. The molecule has 0 atom stereocenters. The first-order chi connectivity index (χ1) is 15.2. The lowest BCUT2D eigenvalue weighted by atomic mass is 10.0. The number of hydrogen-bond acceptors (Lipinski definition) is 4. The van der Waals surface area contributed by atoms with E-state index in [-0.39, 0.29) is 11.9 Å². The number of amides is 1. The van der Waals surface area contributed by atoms with Gasteiger partial charge in [0.25, 0.3) is 0 Å². The molecule has 0 bridgehead atoms. The Morgan fingerprint density at radius 3 is 2.68 bits per heavy atom. The van der Waals surface area contributed by atoms with Crippen molar-refractivity contribution in [1.29, 1.82) is 0 Å². The van der Waals surface area contributed by atoms with Crippen LogP contribution in [0.3, 0.4) is 0 Å². The fourth-order valence-corrected chi connectivity index (χ4v) is 3.98. The van der Waals surface area contributed by atoms with Crippen LogP contribution in [0.5, 0.6) is 0 Å². The highest BCUT2D eigenvalue weighted by Crippen LogP contribution is 2.24. The number of nitrogens with one attached hydrogen (secondary N) is 1. The van der Waals surface area contributed by atoms with Crippen LogP contribution >= 0.6 is 0 Å². The Labute approximate surface area is 183 Å². The van der Waals surface area contributed by atoms with Gasteiger partial charge in [-0.05, 0) is 56.1 Å². The van der Waals surface area contributed by atoms with Gasteiger partial charge >= 0.3 is 0 Å². The quantitative estimate of drug-likeness (QED) is 0.594. The Bertz CT molecular complexity index is 1000. The Hall–Kier alpha value is -3.25. The molecule has 0 spiro atoms. The highest BCUT2D eigenvalue weighted by atomic mass is 16.1. The second kappa shape index (κ2) is 10.2. The molecule has 1 fully saturated rings. The van der Waals surface area contributed by atoms with Crippen LogP contribution in [-0.4, -0.2) is 51.2 Å². The summed E-state index contributed by atoms with van der Waals surface area (Å²) in [5.74, 6) is -0.0569. The summed E-state index contributed by atoms with van der Waals surface area (Å²) < 4.78 is 1.84. The standard InChI is InChI=1S/C25H29N5O/c1-2-15-29-16-12-22(13-17-29)27-24(31)11-10-21-19-30(23-8-4-3-5-9-23)28-25(21)20-7-6-14-26-18-20/h3-11,14,18-19,22H,2,12-13,15-17H2,1H3,(H,27,31)/b11-10+. The van der Waals surface area contributed by atoms with Crippen molar-refractivity contribution in [2.24, 2.45) is 0 Å². The van der Waals surface area contributed by atoms with E-state index in [1.54, 1.807) is 18.5 Å². The van der Waals surface area contributed by atoms with E-state index in [2.05, 4.69) is 22.1 Å². The summed E-state index contributed by atoms with van der Waals surface area (Å²) in [6, 6.07) is 14.1. The van der Waals surface area contributed by atoms with Gasteiger partial charge in [0, 0.05) is 54.9 Å². The SMILES string of the molecule is CCCN1CCC(NC(=O)/C=C/c2cn(-c3ccccc3)nc2-c2cccnc2)CC1. The molecular formula is C25H29N5O. The molecule has 3 aromatic rings. The predicted molar refractivity (Wildman–Crippen MR) is 124 cm³/mol. The number of carbonyl (C=O) groups excluding carboxylic acids is 1. The second-order valence-electron chi connectivity index (χ2n) is 7.91. The lowest BCUT2D eigenvalue weighted by molar-refractivity contribution is -0.117. The zero-order chi connectivity index (χ0) is 21.5. The first-order valence-electron chi connectivity index (χ1n) is 11.0. The van der Waals surface area contributed by atoms with Crippen LogP contribution in [0.4, 0.5) is 0 Å². The maximum Gasteiger partial charge on any atom is 0.244 e. The van der Waals surface area contributed by atoms with Crippen molar-refractivity contribution in [2.45, 2.75) is 32.2 Å². The van der Waals surface area contributed by atoms with E-state index in [4.69, 9.17) is 5.10 Å². The van der Waals surface area contributed by atoms with Crippen molar-refractivity contribution in [1.82, 2.24) is 25.0 Å². The van der Waals surface area contributed by atoms with E-state index in [0.717, 1.165) is 55.0 Å². The highest BCUT2D eigenvalue weighted by molar-refractivity contribution is 5.93. The van der Waals surface area contributed by atoms with Crippen LogP contribution in [0.1, 0.15) is 31.7 Å². The maximum absolute atomic E-state index is 12.6. The van der Waals surface area contributed by atoms with Gasteiger partial charge in [0.1, 0.15) is 5.69 Å². The minimum atomic E-state index is -0.0569. The molecular weight excluding hydrogens is 386 g/mol. The molecule has 1 N–H and O–H groups in total. The molecule has 0 aliphatic carbocycles. The van der Waals surface area contributed by atoms with Crippen LogP contribution in [-0.2, 0) is 4.79 Å². The van der Waals surface area contributed by atoms with Crippen LogP contribution in [0.25, 0.3) is 23.0 Å². The lowest BCUT2D eigenvalue weighted by Crippen LogP contribution is -2.44. The van der Waals surface area contributed by atoms with Gasteiger partial charge < -0.3 is 10.2 Å². The molecule has 0 radical (unpaired) electrons. The molecule has 160 valence electrons. The molecule has 0 saturated carbocycles. The number of nitrogens with zero attached hydrogens (tertiary/aromatic N) is 4. The van der Waals surface area contributed by atoms with Gasteiger partial charge in [-0.1, -0.05) is 25.1 Å². The van der Waals surface area contributed by atoms with E-state index in [9.17, 15) is 4.79 Å². The summed E-state index contributed by atoms with van der Waals surface area (Å²) in [6.07, 6.45) is 12.1. The Kier molecular flexibility index (Phi) is 6.89. The average Bonchev–Trinajstić information content (AvgIpc) is 3.25. The van der Waals surface area contributed by atoms with Crippen molar-refractivity contribution in [3.8, 4) is 16.9 Å². The molecule has 1 amide bonds. The Morgan fingerprint density at radius 1 is 1.16 bits per heavy atom. The fourth-order valence-electron chi connectivity index (χ4n) is 3.98. The van der Waals surface area contributed by atoms with Gasteiger partial charge in [-0.15, -0.1) is 0 Å². The van der Waals surface area contributed by atoms with Gasteiger partial charge in [-0.2, -0.15) is 5.10 Å². The van der Waals surface area contributed by atoms with Crippen molar-refractivity contribution in [2.75, 3.05) is 19.6 Å². The zero-order valence-electron chi connectivity index (χ0n) is 17.9. The van der Waals surface area contributed by atoms with Gasteiger partial charge in [0.2, 0.25) is 5.91 Å². The summed E-state index contributed by atoms with van der Waals surface area (Å²) in [4.78, 5) is 19.3. The third kappa shape index (κ3) is 5.47. The first-order valence-corrected chi connectivity index (χ1v) is 11.0. The van der Waals surface area contributed by atoms with E-state index >= 15 is 0 Å². The second-order valence-corrected chi connectivity index (χ2v) is 7.91. The molecule has 0 unspecified atom stereocenters. The largest absolute Gasteiger partial charge is 0.350 e. The molecule has 31 heavy (non-hydrogen) atoms. The van der Waals surface area contributed by atoms with Gasteiger partial charge in [0.05, 0.1) is 5.69 Å². The van der Waals surface area contributed by atoms with Crippen molar-refractivity contribution >= 4 is 12.0 Å². The Morgan fingerprint density at radius 2 is 1.97 bits per heavy atom. The predicted octanol–water partition coefficient (Wildman–Crippen LogP) is 3.94. The monoisotopic (exact) mass is 415 g/mol. The molecule has 1 saturated heterocycles. The molecule has 4 rings (SSSR count). The van der Waals surface area contributed by atoms with E-state index in [0.29, 0.717) is 0 Å². The number of para-hydroxylation sites is 1. The number of piperidine rings is 1. The number of carbonyl (C=O) groups is 1. The topological polar surface area (TPSA) is 63.1 Å². The first kappa shape index (κ1) is 21.0. The summed E-state index contributed by atoms with van der Waals surface area (Å²) in [5.41, 5.74) is 3.56. The van der Waals surface area contributed by atoms with Crippen molar-refractivity contribution in [3.05, 3.63) is 72.7 Å². The van der Waals surface area contributed by atoms with Crippen LogP contribution in [0, 0.1) is 0 Å². The summed E-state index contributed by atoms with van der Waals surface area (Å²) in [7, 11) is 0. The third-order valence-electron chi connectivity index (χ3n) is 5.59. The average molecular weight is 416 g/mol. The number of rotatable bonds is 7. The molecule has 3 heterocycles. The van der Waals surface area contributed by atoms with Crippen LogP contribution < -0.4 is 5.32 Å². The Balaban J connectivity index is 1.48. The molecule has 1 aliphatic heterocycles. The normalized spacial score (nSPS) is 15.4. The molecule has 1 aromatic carbocycles. The molecule has 6 heteroatoms. The number of benzene rings is 1. The van der Waals surface area contributed by atoms with Gasteiger partial charge in [-0.3, -0.25) is 9.78 Å². The molecule has 6 nitrogen and oxygen atoms in total. The smallest absolute Gasteiger partial charge is 0.244 e. The number of hydrogen-bond donors (Lipinski definition) is 1. The lowest BCUT2D eigenvalue weighted by Gasteiger charge is -2.31. The van der Waals surface area contributed by atoms with Crippen molar-refractivity contribution in [3.63, 3.8) is 0 Å². The van der Waals surface area contributed by atoms with Crippen LogP contribution in [0.2, 0.25) is 0 Å². The van der Waals surface area contributed by atoms with Crippen molar-refractivity contribution < 1.29 is 4.79 Å². The van der Waals surface area contributed by atoms with Gasteiger partial charge in [0.15, 0.2) is 0 Å². The van der Waals surface area contributed by atoms with E-state index in [1.165, 1.54) is 6.42 Å². The summed E-state index contributed by atoms with van der Waals surface area (Å²) in [6.45, 7) is 5.45.